The van der Waals surface area contributed by atoms with E-state index in [0.29, 0.717) is 31.0 Å². The van der Waals surface area contributed by atoms with Crippen molar-refractivity contribution in [2.45, 2.75) is 38.8 Å². The summed E-state index contributed by atoms with van der Waals surface area (Å²) in [5.74, 6) is 0.457. The van der Waals surface area contributed by atoms with Crippen LogP contribution in [0.4, 0.5) is 29.7 Å². The summed E-state index contributed by atoms with van der Waals surface area (Å²) in [6.45, 7) is 6.67. The highest BCUT2D eigenvalue weighted by Gasteiger charge is 2.32. The predicted molar refractivity (Wildman–Crippen MR) is 92.1 cm³/mol. The van der Waals surface area contributed by atoms with Crippen LogP contribution < -0.4 is 10.3 Å². The minimum atomic E-state index is -4.40. The second-order valence-electron chi connectivity index (χ2n) is 7.25. The van der Waals surface area contributed by atoms with Gasteiger partial charge in [0.1, 0.15) is 0 Å². The molecule has 0 saturated carbocycles. The molecule has 0 radical (unpaired) electrons. The first kappa shape index (κ1) is 19.0. The van der Waals surface area contributed by atoms with Crippen LogP contribution in [-0.2, 0) is 11.6 Å². The molecule has 1 fully saturated rings. The number of carbonyl (C=O) groups is 1. The Kier molecular flexibility index (Phi) is 4.75. The smallest absolute Gasteiger partial charge is 0.315 e. The van der Waals surface area contributed by atoms with Crippen molar-refractivity contribution >= 4 is 17.7 Å². The van der Waals surface area contributed by atoms with Crippen LogP contribution in [0.25, 0.3) is 0 Å². The Morgan fingerprint density at radius 2 is 1.81 bits per heavy atom. The second-order valence-corrected chi connectivity index (χ2v) is 7.25. The molecule has 0 unspecified atom stereocenters. The number of hydrazine groups is 1. The van der Waals surface area contributed by atoms with Crippen LogP contribution in [-0.4, -0.2) is 34.3 Å². The average molecular weight is 383 g/mol. The third-order valence-corrected chi connectivity index (χ3v) is 4.07. The number of amides is 2. The molecule has 1 aromatic heterocycles. The van der Waals surface area contributed by atoms with Crippen LogP contribution in [0.1, 0.15) is 38.6 Å². The fourth-order valence-electron chi connectivity index (χ4n) is 2.65. The molecule has 1 aliphatic rings. The van der Waals surface area contributed by atoms with Crippen LogP contribution >= 0.6 is 0 Å². The normalized spacial score (nSPS) is 15.3. The number of hydrogen-bond acceptors (Lipinski definition) is 5. The van der Waals surface area contributed by atoms with Crippen molar-refractivity contribution in [1.82, 2.24) is 15.1 Å². The first-order chi connectivity index (χ1) is 12.6. The van der Waals surface area contributed by atoms with Crippen LogP contribution in [0, 0.1) is 0 Å². The van der Waals surface area contributed by atoms with Gasteiger partial charge < -0.3 is 4.52 Å². The number of benzene rings is 1. The van der Waals surface area contributed by atoms with E-state index in [0.717, 1.165) is 12.1 Å². The zero-order chi connectivity index (χ0) is 19.8. The lowest BCUT2D eigenvalue weighted by Crippen LogP contribution is -2.43. The minimum Gasteiger partial charge on any atom is -0.315 e. The van der Waals surface area contributed by atoms with Crippen LogP contribution in [0.5, 0.6) is 0 Å². The number of hydrogen-bond donors (Lipinski definition) is 1. The number of alkyl halides is 3. The summed E-state index contributed by atoms with van der Waals surface area (Å²) >= 11 is 0. The lowest BCUT2D eigenvalue weighted by Gasteiger charge is -2.29. The molecule has 0 spiro atoms. The Hall–Kier alpha value is -2.78. The first-order valence-electron chi connectivity index (χ1n) is 8.43. The maximum Gasteiger partial charge on any atom is 0.416 e. The van der Waals surface area contributed by atoms with E-state index in [1.165, 1.54) is 17.1 Å². The predicted octanol–water partition coefficient (Wildman–Crippen LogP) is 4.05. The van der Waals surface area contributed by atoms with Gasteiger partial charge >= 0.3 is 18.2 Å². The van der Waals surface area contributed by atoms with E-state index < -0.39 is 17.8 Å². The molecule has 2 aromatic rings. The molecule has 3 rings (SSSR count). The van der Waals surface area contributed by atoms with Gasteiger partial charge in [0.05, 0.1) is 11.3 Å². The topological polar surface area (TPSA) is 74.5 Å². The van der Waals surface area contributed by atoms with E-state index >= 15 is 0 Å². The summed E-state index contributed by atoms with van der Waals surface area (Å²) in [5, 5.41) is 9.40. The van der Waals surface area contributed by atoms with Gasteiger partial charge in [0.2, 0.25) is 0 Å². The molecule has 1 aromatic carbocycles. The molecule has 146 valence electrons. The molecule has 1 saturated heterocycles. The summed E-state index contributed by atoms with van der Waals surface area (Å²) in [7, 11) is 0. The minimum absolute atomic E-state index is 0.0239. The van der Waals surface area contributed by atoms with Crippen molar-refractivity contribution in [2.24, 2.45) is 0 Å². The molecule has 2 heterocycles. The summed E-state index contributed by atoms with van der Waals surface area (Å²) in [6, 6.07) is 4.17. The van der Waals surface area contributed by atoms with Crippen molar-refractivity contribution in [3.05, 3.63) is 35.7 Å². The van der Waals surface area contributed by atoms with Gasteiger partial charge in [0.15, 0.2) is 5.82 Å². The average Bonchev–Trinajstić information content (AvgIpc) is 3.22. The number of carbonyl (C=O) groups excluding carboxylic acids is 1. The van der Waals surface area contributed by atoms with Gasteiger partial charge in [-0.3, -0.25) is 10.3 Å². The van der Waals surface area contributed by atoms with Crippen molar-refractivity contribution in [2.75, 3.05) is 23.4 Å². The van der Waals surface area contributed by atoms with Gasteiger partial charge in [-0.15, -0.1) is 0 Å². The first-order valence-corrected chi connectivity index (χ1v) is 8.43. The Bertz CT molecular complexity index is 811. The standard InChI is InChI=1S/C17H20F3N5O2/c1-16(2,3)13-21-14(27-23-13)22-15(26)25-10-4-9-24(25)12-7-5-11(6-8-12)17(18,19)20/h5-8H,4,9-10H2,1-3H3,(H,21,22,23,26). The number of nitrogens with one attached hydrogen (secondary N) is 1. The summed E-state index contributed by atoms with van der Waals surface area (Å²) in [5.41, 5.74) is -0.564. The Morgan fingerprint density at radius 1 is 1.15 bits per heavy atom. The number of nitrogens with zero attached hydrogens (tertiary/aromatic N) is 4. The number of urea groups is 1. The molecule has 27 heavy (non-hydrogen) atoms. The molecule has 7 nitrogen and oxygen atoms in total. The molecule has 0 atom stereocenters. The van der Waals surface area contributed by atoms with E-state index in [9.17, 15) is 18.0 Å². The zero-order valence-electron chi connectivity index (χ0n) is 15.2. The van der Waals surface area contributed by atoms with Gasteiger partial charge in [-0.25, -0.2) is 9.80 Å². The highest BCUT2D eigenvalue weighted by atomic mass is 19.4. The van der Waals surface area contributed by atoms with Crippen LogP contribution in [0.3, 0.4) is 0 Å². The maximum atomic E-state index is 12.7. The molecule has 1 aliphatic heterocycles. The maximum absolute atomic E-state index is 12.7. The quantitative estimate of drug-likeness (QED) is 0.847. The SMILES string of the molecule is CC(C)(C)c1noc(NC(=O)N2CCCN2c2ccc(C(F)(F)F)cc2)n1. The van der Waals surface area contributed by atoms with E-state index in [2.05, 4.69) is 15.5 Å². The monoisotopic (exact) mass is 383 g/mol. The van der Waals surface area contributed by atoms with Gasteiger partial charge in [-0.1, -0.05) is 25.9 Å². The van der Waals surface area contributed by atoms with Crippen molar-refractivity contribution in [1.29, 1.82) is 0 Å². The van der Waals surface area contributed by atoms with Crippen LogP contribution in [0.2, 0.25) is 0 Å². The number of halogens is 3. The lowest BCUT2D eigenvalue weighted by atomic mass is 9.96. The Morgan fingerprint density at radius 3 is 2.37 bits per heavy atom. The van der Waals surface area contributed by atoms with Crippen molar-refractivity contribution in [3.8, 4) is 0 Å². The van der Waals surface area contributed by atoms with Gasteiger partial charge in [0, 0.05) is 18.5 Å². The van der Waals surface area contributed by atoms with Crippen molar-refractivity contribution in [3.63, 3.8) is 0 Å². The summed E-state index contributed by atoms with van der Waals surface area (Å²) in [6.07, 6.45) is -3.71. The fourth-order valence-corrected chi connectivity index (χ4v) is 2.65. The third kappa shape index (κ3) is 4.15. The third-order valence-electron chi connectivity index (χ3n) is 4.07. The number of rotatable bonds is 2. The Balaban J connectivity index is 1.72. The molecular formula is C17H20F3N5O2. The molecule has 0 bridgehead atoms. The molecule has 1 N–H and O–H groups in total. The summed E-state index contributed by atoms with van der Waals surface area (Å²) in [4.78, 5) is 16.7. The van der Waals surface area contributed by atoms with Gasteiger partial charge in [-0.05, 0) is 30.7 Å². The molecule has 10 heteroatoms. The molecule has 0 aliphatic carbocycles. The Labute approximate surface area is 154 Å². The largest absolute Gasteiger partial charge is 0.416 e. The highest BCUT2D eigenvalue weighted by molar-refractivity contribution is 5.88. The van der Waals surface area contributed by atoms with E-state index in [1.807, 2.05) is 20.8 Å². The van der Waals surface area contributed by atoms with E-state index in [-0.39, 0.29) is 11.4 Å². The lowest BCUT2D eigenvalue weighted by molar-refractivity contribution is -0.137. The number of aromatic nitrogens is 2. The van der Waals surface area contributed by atoms with Crippen LogP contribution in [0.15, 0.2) is 28.8 Å². The van der Waals surface area contributed by atoms with Crippen molar-refractivity contribution < 1.29 is 22.5 Å². The van der Waals surface area contributed by atoms with Gasteiger partial charge in [-0.2, -0.15) is 18.2 Å². The summed E-state index contributed by atoms with van der Waals surface area (Å²) < 4.78 is 43.2. The molecule has 2 amide bonds. The molecular weight excluding hydrogens is 363 g/mol. The highest BCUT2D eigenvalue weighted by Crippen LogP contribution is 2.31. The van der Waals surface area contributed by atoms with E-state index in [1.54, 1.807) is 5.01 Å². The number of anilines is 2. The van der Waals surface area contributed by atoms with E-state index in [4.69, 9.17) is 4.52 Å². The van der Waals surface area contributed by atoms with Gasteiger partial charge in [0.25, 0.3) is 0 Å². The fraction of sp³-hybridized carbons (Fsp3) is 0.471. The zero-order valence-corrected chi connectivity index (χ0v) is 15.2. The second kappa shape index (κ2) is 6.75.